The Bertz CT molecular complexity index is 1040. The molecule has 0 atom stereocenters. The van der Waals surface area contributed by atoms with Crippen molar-refractivity contribution in [3.8, 4) is 11.5 Å². The zero-order valence-corrected chi connectivity index (χ0v) is 17.8. The van der Waals surface area contributed by atoms with Crippen LogP contribution in [0.5, 0.6) is 11.5 Å². The second-order valence-corrected chi connectivity index (χ2v) is 7.20. The number of thioether (sulfide) groups is 1. The van der Waals surface area contributed by atoms with E-state index in [-0.39, 0.29) is 24.8 Å². The SMILES string of the molecule is CCOC(=O)COc1ccc(C=C2SC(=Nc3ccccc3F)NC2=O)cc1OCC. The van der Waals surface area contributed by atoms with E-state index in [0.29, 0.717) is 33.7 Å². The number of rotatable bonds is 8. The summed E-state index contributed by atoms with van der Waals surface area (Å²) in [4.78, 5) is 28.4. The van der Waals surface area contributed by atoms with Crippen LogP contribution in [-0.4, -0.2) is 36.9 Å². The molecule has 1 aliphatic heterocycles. The number of halogens is 1. The fourth-order valence-electron chi connectivity index (χ4n) is 2.63. The first kappa shape index (κ1) is 22.4. The summed E-state index contributed by atoms with van der Waals surface area (Å²) in [5.41, 5.74) is 0.838. The number of para-hydroxylation sites is 1. The molecule has 0 spiro atoms. The number of ether oxygens (including phenoxy) is 3. The first-order valence-electron chi connectivity index (χ1n) is 9.59. The molecule has 1 aliphatic rings. The molecule has 0 saturated carbocycles. The number of amides is 1. The smallest absolute Gasteiger partial charge is 0.344 e. The molecule has 0 aliphatic carbocycles. The molecular weight excluding hydrogens is 423 g/mol. The first-order valence-corrected chi connectivity index (χ1v) is 10.4. The van der Waals surface area contributed by atoms with Crippen molar-refractivity contribution in [2.75, 3.05) is 19.8 Å². The lowest BCUT2D eigenvalue weighted by atomic mass is 10.2. The van der Waals surface area contributed by atoms with Gasteiger partial charge in [-0.05, 0) is 61.5 Å². The lowest BCUT2D eigenvalue weighted by molar-refractivity contribution is -0.145. The van der Waals surface area contributed by atoms with Gasteiger partial charge in [0.1, 0.15) is 11.5 Å². The Balaban J connectivity index is 1.77. The Morgan fingerprint density at radius 1 is 1.13 bits per heavy atom. The minimum absolute atomic E-state index is 0.147. The van der Waals surface area contributed by atoms with Crippen LogP contribution in [0.1, 0.15) is 19.4 Å². The molecule has 162 valence electrons. The molecule has 0 radical (unpaired) electrons. The molecule has 0 bridgehead atoms. The Morgan fingerprint density at radius 2 is 1.94 bits per heavy atom. The quantitative estimate of drug-likeness (QED) is 0.488. The van der Waals surface area contributed by atoms with E-state index < -0.39 is 11.8 Å². The van der Waals surface area contributed by atoms with Crippen LogP contribution in [0.3, 0.4) is 0 Å². The van der Waals surface area contributed by atoms with Crippen LogP contribution in [0.15, 0.2) is 52.4 Å². The molecule has 7 nitrogen and oxygen atoms in total. The summed E-state index contributed by atoms with van der Waals surface area (Å²) in [6.45, 7) is 3.98. The van der Waals surface area contributed by atoms with Crippen LogP contribution in [0.4, 0.5) is 10.1 Å². The standard InChI is InChI=1S/C22H21FN2O5S/c1-3-28-18-11-14(9-10-17(18)30-13-20(26)29-4-2)12-19-21(27)25-22(31-19)24-16-8-6-5-7-15(16)23/h5-12H,3-4,13H2,1-2H3,(H,24,25,27). The Kier molecular flexibility index (Phi) is 7.66. The maximum absolute atomic E-state index is 13.8. The van der Waals surface area contributed by atoms with Crippen LogP contribution in [-0.2, 0) is 14.3 Å². The van der Waals surface area contributed by atoms with Gasteiger partial charge in [0, 0.05) is 0 Å². The van der Waals surface area contributed by atoms with Crippen LogP contribution < -0.4 is 14.8 Å². The summed E-state index contributed by atoms with van der Waals surface area (Å²) in [6, 6.07) is 11.2. The molecule has 1 fully saturated rings. The first-order chi connectivity index (χ1) is 15.0. The second kappa shape index (κ2) is 10.6. The van der Waals surface area contributed by atoms with Gasteiger partial charge in [-0.3, -0.25) is 4.79 Å². The molecule has 3 rings (SSSR count). The molecule has 1 heterocycles. The molecular formula is C22H21FN2O5S. The third-order valence-electron chi connectivity index (χ3n) is 3.94. The monoisotopic (exact) mass is 444 g/mol. The summed E-state index contributed by atoms with van der Waals surface area (Å²) in [5.74, 6) is -0.452. The minimum atomic E-state index is -0.475. The summed E-state index contributed by atoms with van der Waals surface area (Å²) < 4.78 is 29.7. The van der Waals surface area contributed by atoms with E-state index in [1.54, 1.807) is 43.3 Å². The van der Waals surface area contributed by atoms with Crippen molar-refractivity contribution in [1.29, 1.82) is 0 Å². The Morgan fingerprint density at radius 3 is 2.68 bits per heavy atom. The van der Waals surface area contributed by atoms with Gasteiger partial charge in [0.25, 0.3) is 5.91 Å². The van der Waals surface area contributed by atoms with Crippen molar-refractivity contribution < 1.29 is 28.2 Å². The van der Waals surface area contributed by atoms with Gasteiger partial charge in [-0.2, -0.15) is 0 Å². The number of hydrogen-bond donors (Lipinski definition) is 1. The van der Waals surface area contributed by atoms with E-state index in [0.717, 1.165) is 11.8 Å². The van der Waals surface area contributed by atoms with E-state index >= 15 is 0 Å². The third-order valence-corrected chi connectivity index (χ3v) is 4.85. The van der Waals surface area contributed by atoms with Gasteiger partial charge in [-0.1, -0.05) is 18.2 Å². The van der Waals surface area contributed by atoms with Gasteiger partial charge < -0.3 is 19.5 Å². The molecule has 31 heavy (non-hydrogen) atoms. The van der Waals surface area contributed by atoms with E-state index in [2.05, 4.69) is 10.3 Å². The molecule has 1 amide bonds. The molecule has 2 aromatic carbocycles. The average molecular weight is 444 g/mol. The molecule has 9 heteroatoms. The number of nitrogens with one attached hydrogen (secondary N) is 1. The molecule has 0 unspecified atom stereocenters. The highest BCUT2D eigenvalue weighted by Gasteiger charge is 2.24. The largest absolute Gasteiger partial charge is 0.490 e. The Hall–Kier alpha value is -3.33. The second-order valence-electron chi connectivity index (χ2n) is 6.17. The van der Waals surface area contributed by atoms with Crippen molar-refractivity contribution in [3.63, 3.8) is 0 Å². The lowest BCUT2D eigenvalue weighted by Gasteiger charge is -2.12. The highest BCUT2D eigenvalue weighted by molar-refractivity contribution is 8.18. The van der Waals surface area contributed by atoms with E-state index in [4.69, 9.17) is 14.2 Å². The van der Waals surface area contributed by atoms with Crippen molar-refractivity contribution in [1.82, 2.24) is 5.32 Å². The highest BCUT2D eigenvalue weighted by atomic mass is 32.2. The number of hydrogen-bond acceptors (Lipinski definition) is 7. The summed E-state index contributed by atoms with van der Waals surface area (Å²) >= 11 is 1.11. The number of benzene rings is 2. The normalized spacial score (nSPS) is 15.8. The van der Waals surface area contributed by atoms with Gasteiger partial charge in [0.05, 0.1) is 18.1 Å². The lowest BCUT2D eigenvalue weighted by Crippen LogP contribution is -2.19. The molecule has 1 N–H and O–H groups in total. The Labute approximate surface area is 183 Å². The molecule has 2 aromatic rings. The number of carbonyl (C=O) groups excluding carboxylic acids is 2. The van der Waals surface area contributed by atoms with Crippen LogP contribution in [0, 0.1) is 5.82 Å². The summed E-state index contributed by atoms with van der Waals surface area (Å²) in [6.07, 6.45) is 1.67. The fourth-order valence-corrected chi connectivity index (χ4v) is 3.46. The van der Waals surface area contributed by atoms with Crippen molar-refractivity contribution >= 4 is 40.6 Å². The van der Waals surface area contributed by atoms with Gasteiger partial charge in [0.2, 0.25) is 0 Å². The highest BCUT2D eigenvalue weighted by Crippen LogP contribution is 2.32. The van der Waals surface area contributed by atoms with Crippen LogP contribution >= 0.6 is 11.8 Å². The summed E-state index contributed by atoms with van der Waals surface area (Å²) in [7, 11) is 0. The van der Waals surface area contributed by atoms with E-state index in [1.807, 2.05) is 6.92 Å². The number of amidine groups is 1. The maximum Gasteiger partial charge on any atom is 0.344 e. The zero-order valence-electron chi connectivity index (χ0n) is 17.0. The van der Waals surface area contributed by atoms with E-state index in [9.17, 15) is 14.0 Å². The summed E-state index contributed by atoms with van der Waals surface area (Å²) in [5, 5.41) is 2.92. The fraction of sp³-hybridized carbons (Fsp3) is 0.227. The average Bonchev–Trinajstić information content (AvgIpc) is 3.08. The predicted molar refractivity (Wildman–Crippen MR) is 117 cm³/mol. The number of aliphatic imine (C=N–C) groups is 1. The minimum Gasteiger partial charge on any atom is -0.490 e. The maximum atomic E-state index is 13.8. The molecule has 1 saturated heterocycles. The van der Waals surface area contributed by atoms with Crippen molar-refractivity contribution in [2.45, 2.75) is 13.8 Å². The van der Waals surface area contributed by atoms with Gasteiger partial charge in [-0.25, -0.2) is 14.2 Å². The zero-order chi connectivity index (χ0) is 22.2. The van der Waals surface area contributed by atoms with Gasteiger partial charge in [0.15, 0.2) is 23.3 Å². The van der Waals surface area contributed by atoms with Gasteiger partial charge >= 0.3 is 5.97 Å². The molecule has 0 aromatic heterocycles. The number of nitrogens with zero attached hydrogens (tertiary/aromatic N) is 1. The number of carbonyl (C=O) groups is 2. The van der Waals surface area contributed by atoms with Crippen LogP contribution in [0.25, 0.3) is 6.08 Å². The predicted octanol–water partition coefficient (Wildman–Crippen LogP) is 4.06. The van der Waals surface area contributed by atoms with Gasteiger partial charge in [-0.15, -0.1) is 0 Å². The van der Waals surface area contributed by atoms with Crippen molar-refractivity contribution in [3.05, 3.63) is 58.8 Å². The van der Waals surface area contributed by atoms with Crippen molar-refractivity contribution in [2.24, 2.45) is 4.99 Å². The van der Waals surface area contributed by atoms with Crippen LogP contribution in [0.2, 0.25) is 0 Å². The topological polar surface area (TPSA) is 86.2 Å². The third kappa shape index (κ3) is 6.08. The van der Waals surface area contributed by atoms with E-state index in [1.165, 1.54) is 12.1 Å². The number of esters is 1.